The minimum absolute atomic E-state index is 0.598. The second-order valence-corrected chi connectivity index (χ2v) is 3.62. The number of nitrogens with one attached hydrogen (secondary N) is 1. The van der Waals surface area contributed by atoms with Crippen LogP contribution in [0.25, 0.3) is 0 Å². The molecule has 0 unspecified atom stereocenters. The maximum absolute atomic E-state index is 5.18. The molecule has 0 fully saturated rings. The van der Waals surface area contributed by atoms with Crippen molar-refractivity contribution in [3.63, 3.8) is 0 Å². The summed E-state index contributed by atoms with van der Waals surface area (Å²) in [5.74, 6) is 0.954. The van der Waals surface area contributed by atoms with Gasteiger partial charge < -0.3 is 10.1 Å². The molecule has 0 saturated heterocycles. The van der Waals surface area contributed by atoms with Gasteiger partial charge in [0.2, 0.25) is 0 Å². The second-order valence-electron chi connectivity index (χ2n) is 3.62. The molecule has 0 aromatic heterocycles. The van der Waals surface area contributed by atoms with Crippen LogP contribution >= 0.6 is 0 Å². The molecule has 1 heterocycles. The lowest BCUT2D eigenvalue weighted by Crippen LogP contribution is -2.32. The van der Waals surface area contributed by atoms with E-state index in [-0.39, 0.29) is 0 Å². The maximum Gasteiger partial charge on any atom is 0.119 e. The molecule has 1 aromatic carbocycles. The van der Waals surface area contributed by atoms with Gasteiger partial charge in [0, 0.05) is 12.6 Å². The summed E-state index contributed by atoms with van der Waals surface area (Å²) in [6.45, 7) is 3.18. The van der Waals surface area contributed by atoms with Gasteiger partial charge in [-0.05, 0) is 36.6 Å². The summed E-state index contributed by atoms with van der Waals surface area (Å²) in [7, 11) is 1.71. The summed E-state index contributed by atoms with van der Waals surface area (Å²) < 4.78 is 5.18. The van der Waals surface area contributed by atoms with E-state index >= 15 is 0 Å². The summed E-state index contributed by atoms with van der Waals surface area (Å²) in [6.07, 6.45) is 1.12. The SMILES string of the molecule is COc1ccc2c(c1)CN[C@H](C)C2. The molecule has 0 radical (unpaired) electrons. The van der Waals surface area contributed by atoms with Gasteiger partial charge in [-0.15, -0.1) is 0 Å². The van der Waals surface area contributed by atoms with Gasteiger partial charge in [0.05, 0.1) is 7.11 Å². The van der Waals surface area contributed by atoms with Gasteiger partial charge in [-0.3, -0.25) is 0 Å². The zero-order valence-corrected chi connectivity index (χ0v) is 8.13. The van der Waals surface area contributed by atoms with Crippen molar-refractivity contribution in [2.75, 3.05) is 7.11 Å². The van der Waals surface area contributed by atoms with Crippen molar-refractivity contribution < 1.29 is 4.74 Å². The van der Waals surface area contributed by atoms with Gasteiger partial charge in [-0.1, -0.05) is 6.07 Å². The number of rotatable bonds is 1. The Morgan fingerprint density at radius 1 is 1.38 bits per heavy atom. The van der Waals surface area contributed by atoms with E-state index in [2.05, 4.69) is 24.4 Å². The Morgan fingerprint density at radius 2 is 2.23 bits per heavy atom. The quantitative estimate of drug-likeness (QED) is 0.705. The Bertz CT molecular complexity index is 309. The number of methoxy groups -OCH3 is 1. The van der Waals surface area contributed by atoms with Crippen molar-refractivity contribution in [2.24, 2.45) is 0 Å². The first kappa shape index (κ1) is 8.57. The highest BCUT2D eigenvalue weighted by atomic mass is 16.5. The molecule has 13 heavy (non-hydrogen) atoms. The first-order valence-electron chi connectivity index (χ1n) is 4.69. The largest absolute Gasteiger partial charge is 0.497 e. The highest BCUT2D eigenvalue weighted by Gasteiger charge is 2.14. The lowest BCUT2D eigenvalue weighted by molar-refractivity contribution is 0.412. The molecule has 70 valence electrons. The molecule has 2 heteroatoms. The van der Waals surface area contributed by atoms with Crippen LogP contribution in [0, 0.1) is 0 Å². The number of hydrogen-bond acceptors (Lipinski definition) is 2. The Labute approximate surface area is 78.9 Å². The molecule has 1 aliphatic heterocycles. The van der Waals surface area contributed by atoms with Crippen molar-refractivity contribution in [3.05, 3.63) is 29.3 Å². The molecule has 0 bridgehead atoms. The van der Waals surface area contributed by atoms with E-state index < -0.39 is 0 Å². The monoisotopic (exact) mass is 177 g/mol. The Balaban J connectivity index is 2.31. The van der Waals surface area contributed by atoms with E-state index in [0.29, 0.717) is 6.04 Å². The topological polar surface area (TPSA) is 21.3 Å². The van der Waals surface area contributed by atoms with Gasteiger partial charge in [0.15, 0.2) is 0 Å². The van der Waals surface area contributed by atoms with Crippen LogP contribution in [0.4, 0.5) is 0 Å². The lowest BCUT2D eigenvalue weighted by Gasteiger charge is -2.23. The molecule has 0 saturated carbocycles. The maximum atomic E-state index is 5.18. The van der Waals surface area contributed by atoms with Crippen molar-refractivity contribution >= 4 is 0 Å². The third-order valence-corrected chi connectivity index (χ3v) is 2.58. The molecule has 2 nitrogen and oxygen atoms in total. The fourth-order valence-electron chi connectivity index (χ4n) is 1.78. The minimum Gasteiger partial charge on any atom is -0.497 e. The fraction of sp³-hybridized carbons (Fsp3) is 0.455. The fourth-order valence-corrected chi connectivity index (χ4v) is 1.78. The molecule has 1 N–H and O–H groups in total. The van der Waals surface area contributed by atoms with E-state index in [1.165, 1.54) is 11.1 Å². The smallest absolute Gasteiger partial charge is 0.119 e. The summed E-state index contributed by atoms with van der Waals surface area (Å²) in [4.78, 5) is 0. The first-order chi connectivity index (χ1) is 6.29. The molecule has 1 aromatic rings. The zero-order valence-electron chi connectivity index (χ0n) is 8.13. The molecule has 2 rings (SSSR count). The number of hydrogen-bond donors (Lipinski definition) is 1. The molecule has 1 atom stereocenters. The van der Waals surface area contributed by atoms with Crippen LogP contribution in [0.15, 0.2) is 18.2 Å². The molecule has 0 amide bonds. The van der Waals surface area contributed by atoms with E-state index in [0.717, 1.165) is 18.7 Å². The van der Waals surface area contributed by atoms with Crippen LogP contribution in [-0.2, 0) is 13.0 Å². The van der Waals surface area contributed by atoms with Crippen LogP contribution in [-0.4, -0.2) is 13.2 Å². The molecular formula is C11H15NO. The summed E-state index contributed by atoms with van der Waals surface area (Å²) in [6, 6.07) is 6.93. The van der Waals surface area contributed by atoms with Gasteiger partial charge in [0.25, 0.3) is 0 Å². The van der Waals surface area contributed by atoms with E-state index in [9.17, 15) is 0 Å². The van der Waals surface area contributed by atoms with Crippen molar-refractivity contribution in [1.82, 2.24) is 5.32 Å². The molecule has 1 aliphatic rings. The van der Waals surface area contributed by atoms with Gasteiger partial charge in [-0.2, -0.15) is 0 Å². The lowest BCUT2D eigenvalue weighted by atomic mass is 9.96. The summed E-state index contributed by atoms with van der Waals surface area (Å²) in [5.41, 5.74) is 2.82. The molecular weight excluding hydrogens is 162 g/mol. The van der Waals surface area contributed by atoms with Gasteiger partial charge >= 0.3 is 0 Å². The van der Waals surface area contributed by atoms with Crippen molar-refractivity contribution in [3.8, 4) is 5.75 Å². The standard InChI is InChI=1S/C11H15NO/c1-8-5-9-3-4-11(13-2)6-10(9)7-12-8/h3-4,6,8,12H,5,7H2,1-2H3/t8-/m1/s1. The Kier molecular flexibility index (Phi) is 2.23. The predicted molar refractivity (Wildman–Crippen MR) is 53.0 cm³/mol. The highest BCUT2D eigenvalue weighted by Crippen LogP contribution is 2.21. The Hall–Kier alpha value is -1.02. The van der Waals surface area contributed by atoms with E-state index in [1.807, 2.05) is 6.07 Å². The average molecular weight is 177 g/mol. The van der Waals surface area contributed by atoms with Crippen LogP contribution < -0.4 is 10.1 Å². The van der Waals surface area contributed by atoms with E-state index in [4.69, 9.17) is 4.74 Å². The number of benzene rings is 1. The summed E-state index contributed by atoms with van der Waals surface area (Å²) >= 11 is 0. The minimum atomic E-state index is 0.598. The van der Waals surface area contributed by atoms with Crippen LogP contribution in [0.2, 0.25) is 0 Å². The Morgan fingerprint density at radius 3 is 3.00 bits per heavy atom. The second kappa shape index (κ2) is 3.38. The van der Waals surface area contributed by atoms with Gasteiger partial charge in [0.1, 0.15) is 5.75 Å². The van der Waals surface area contributed by atoms with Crippen molar-refractivity contribution in [2.45, 2.75) is 25.9 Å². The normalized spacial score (nSPS) is 20.9. The highest BCUT2D eigenvalue weighted by molar-refractivity contribution is 5.37. The van der Waals surface area contributed by atoms with Crippen LogP contribution in [0.3, 0.4) is 0 Å². The van der Waals surface area contributed by atoms with Crippen LogP contribution in [0.5, 0.6) is 5.75 Å². The molecule has 0 aliphatic carbocycles. The number of ether oxygens (including phenoxy) is 1. The number of fused-ring (bicyclic) bond motifs is 1. The average Bonchev–Trinajstić information content (AvgIpc) is 2.17. The third kappa shape index (κ3) is 1.68. The van der Waals surface area contributed by atoms with Crippen LogP contribution in [0.1, 0.15) is 18.1 Å². The summed E-state index contributed by atoms with van der Waals surface area (Å²) in [5, 5.41) is 3.43. The van der Waals surface area contributed by atoms with Gasteiger partial charge in [-0.25, -0.2) is 0 Å². The first-order valence-corrected chi connectivity index (χ1v) is 4.69. The van der Waals surface area contributed by atoms with Crippen molar-refractivity contribution in [1.29, 1.82) is 0 Å². The van der Waals surface area contributed by atoms with E-state index in [1.54, 1.807) is 7.11 Å². The molecule has 0 spiro atoms. The third-order valence-electron chi connectivity index (χ3n) is 2.58. The predicted octanol–water partition coefficient (Wildman–Crippen LogP) is 1.73. The zero-order chi connectivity index (χ0) is 9.26.